The predicted molar refractivity (Wildman–Crippen MR) is 101 cm³/mol. The zero-order valence-corrected chi connectivity index (χ0v) is 14.3. The molecule has 1 N–H and O–H groups in total. The molecule has 0 unspecified atom stereocenters. The second-order valence-electron chi connectivity index (χ2n) is 5.59. The Morgan fingerprint density at radius 3 is 2.54 bits per heavy atom. The Hall–Kier alpha value is -2.72. The maximum Gasteiger partial charge on any atom is 0.175 e. The number of amidine groups is 1. The predicted octanol–water partition coefficient (Wildman–Crippen LogP) is 3.98. The number of rotatable bonds is 4. The average molecular weight is 333 g/mol. The summed E-state index contributed by atoms with van der Waals surface area (Å²) in [5, 5.41) is 3.61. The van der Waals surface area contributed by atoms with Gasteiger partial charge in [-0.05, 0) is 36.4 Å². The fourth-order valence-corrected chi connectivity index (χ4v) is 2.70. The third-order valence-electron chi connectivity index (χ3n) is 3.60. The van der Waals surface area contributed by atoms with Gasteiger partial charge in [0.1, 0.15) is 0 Å². The number of hydrogen-bond acceptors (Lipinski definition) is 2. The van der Waals surface area contributed by atoms with Gasteiger partial charge in [-0.1, -0.05) is 36.4 Å². The lowest BCUT2D eigenvalue weighted by Gasteiger charge is -2.15. The molecule has 1 heterocycles. The summed E-state index contributed by atoms with van der Waals surface area (Å²) in [6.45, 7) is 2.85. The Bertz CT molecular complexity index is 844. The summed E-state index contributed by atoms with van der Waals surface area (Å²) in [5.41, 5.74) is 4.19. The van der Waals surface area contributed by atoms with E-state index in [-0.39, 0.29) is 0 Å². The maximum absolute atomic E-state index is 5.38. The standard InChI is InChI=1S/C20H19N3S/c1-16-8-7-13-23(14-16)15-17-9-5-6-12-19(17)22-20(24)21-18-10-3-2-4-11-18/h2-14H,15H2,1H3,(H-,21,22,24). The first-order valence-corrected chi connectivity index (χ1v) is 8.23. The van der Waals surface area contributed by atoms with Crippen LogP contribution >= 0.6 is 0 Å². The van der Waals surface area contributed by atoms with Gasteiger partial charge in [0, 0.05) is 22.9 Å². The highest BCUT2D eigenvalue weighted by atomic mass is 32.1. The van der Waals surface area contributed by atoms with E-state index in [9.17, 15) is 0 Å². The van der Waals surface area contributed by atoms with Crippen molar-refractivity contribution in [1.29, 1.82) is 0 Å². The van der Waals surface area contributed by atoms with E-state index in [1.54, 1.807) is 0 Å². The van der Waals surface area contributed by atoms with Crippen molar-refractivity contribution < 1.29 is 4.57 Å². The number of nitrogens with one attached hydrogen (secondary N) is 1. The largest absolute Gasteiger partial charge is 0.742 e. The van der Waals surface area contributed by atoms with Crippen molar-refractivity contribution in [3.05, 3.63) is 90.3 Å². The lowest BCUT2D eigenvalue weighted by molar-refractivity contribution is -0.688. The third kappa shape index (κ3) is 4.40. The van der Waals surface area contributed by atoms with Crippen LogP contribution in [-0.4, -0.2) is 5.17 Å². The van der Waals surface area contributed by atoms with E-state index in [0.717, 1.165) is 23.5 Å². The van der Waals surface area contributed by atoms with Gasteiger partial charge in [-0.2, -0.15) is 0 Å². The van der Waals surface area contributed by atoms with Crippen molar-refractivity contribution in [2.75, 3.05) is 5.32 Å². The van der Waals surface area contributed by atoms with E-state index in [4.69, 9.17) is 12.6 Å². The van der Waals surface area contributed by atoms with Crippen molar-refractivity contribution in [2.45, 2.75) is 13.5 Å². The van der Waals surface area contributed by atoms with Crippen LogP contribution in [0.2, 0.25) is 0 Å². The molecule has 0 saturated carbocycles. The van der Waals surface area contributed by atoms with Crippen LogP contribution in [-0.2, 0) is 19.2 Å². The molecule has 120 valence electrons. The Morgan fingerprint density at radius 1 is 1.00 bits per heavy atom. The van der Waals surface area contributed by atoms with Crippen molar-refractivity contribution >= 4 is 29.2 Å². The number of pyridine rings is 1. The maximum atomic E-state index is 5.38. The van der Waals surface area contributed by atoms with E-state index in [1.165, 1.54) is 5.56 Å². The molecule has 1 aromatic heterocycles. The number of anilines is 1. The van der Waals surface area contributed by atoms with Gasteiger partial charge in [-0.15, -0.1) is 0 Å². The lowest BCUT2D eigenvalue weighted by atomic mass is 10.1. The molecule has 0 aliphatic heterocycles. The monoisotopic (exact) mass is 333 g/mol. The van der Waals surface area contributed by atoms with Crippen molar-refractivity contribution in [1.82, 2.24) is 0 Å². The molecule has 0 atom stereocenters. The smallest absolute Gasteiger partial charge is 0.175 e. The Morgan fingerprint density at radius 2 is 1.75 bits per heavy atom. The van der Waals surface area contributed by atoms with Gasteiger partial charge in [0.15, 0.2) is 18.9 Å². The Kier molecular flexibility index (Phi) is 5.18. The van der Waals surface area contributed by atoms with Crippen molar-refractivity contribution in [2.24, 2.45) is 4.99 Å². The molecule has 0 bridgehead atoms. The first kappa shape index (κ1) is 16.1. The van der Waals surface area contributed by atoms with Crippen LogP contribution in [0.5, 0.6) is 0 Å². The Labute approximate surface area is 148 Å². The van der Waals surface area contributed by atoms with Crippen LogP contribution in [0.1, 0.15) is 11.1 Å². The highest BCUT2D eigenvalue weighted by Crippen LogP contribution is 2.19. The zero-order chi connectivity index (χ0) is 16.8. The fraction of sp³-hybridized carbons (Fsp3) is 0.100. The van der Waals surface area contributed by atoms with Crippen molar-refractivity contribution in [3.8, 4) is 0 Å². The minimum atomic E-state index is 0.461. The summed E-state index contributed by atoms with van der Waals surface area (Å²) < 4.78 is 2.15. The zero-order valence-electron chi connectivity index (χ0n) is 13.5. The van der Waals surface area contributed by atoms with Crippen LogP contribution in [0, 0.1) is 6.92 Å². The molecule has 0 spiro atoms. The van der Waals surface area contributed by atoms with Gasteiger partial charge in [0.05, 0.1) is 5.69 Å². The number of aliphatic imine (C=N–C) groups is 1. The fourth-order valence-electron chi connectivity index (χ4n) is 2.48. The molecule has 0 fully saturated rings. The topological polar surface area (TPSA) is 28.3 Å². The van der Waals surface area contributed by atoms with Gasteiger partial charge >= 0.3 is 0 Å². The summed E-state index contributed by atoms with van der Waals surface area (Å²) in [6, 6.07) is 22.1. The van der Waals surface area contributed by atoms with E-state index >= 15 is 0 Å². The number of nitrogens with zero attached hydrogens (tertiary/aromatic N) is 2. The number of benzene rings is 2. The summed E-state index contributed by atoms with van der Waals surface area (Å²) in [7, 11) is 0. The number of para-hydroxylation sites is 2. The van der Waals surface area contributed by atoms with E-state index in [1.807, 2.05) is 48.5 Å². The second kappa shape index (κ2) is 7.70. The average Bonchev–Trinajstić information content (AvgIpc) is 2.57. The molecule has 0 aliphatic rings. The van der Waals surface area contributed by atoms with Gasteiger partial charge in [0.2, 0.25) is 0 Å². The van der Waals surface area contributed by atoms with Gasteiger partial charge < -0.3 is 17.9 Å². The number of aryl methyl sites for hydroxylation is 1. The molecule has 0 amide bonds. The second-order valence-corrected chi connectivity index (χ2v) is 5.98. The summed E-state index contributed by atoms with van der Waals surface area (Å²) >= 11 is 5.38. The van der Waals surface area contributed by atoms with Crippen molar-refractivity contribution in [3.63, 3.8) is 0 Å². The molecule has 0 radical (unpaired) electrons. The minimum absolute atomic E-state index is 0.461. The minimum Gasteiger partial charge on any atom is -0.742 e. The van der Waals surface area contributed by atoms with Crippen LogP contribution in [0.25, 0.3) is 0 Å². The SMILES string of the molecule is Cc1ccc[n+](Cc2ccccc2N=C([S-])Nc2ccccc2)c1. The highest BCUT2D eigenvalue weighted by Gasteiger charge is 2.07. The third-order valence-corrected chi connectivity index (χ3v) is 3.79. The van der Waals surface area contributed by atoms with Crippen LogP contribution < -0.4 is 9.88 Å². The van der Waals surface area contributed by atoms with Gasteiger partial charge in [0.25, 0.3) is 0 Å². The molecule has 3 nitrogen and oxygen atoms in total. The van der Waals surface area contributed by atoms with Gasteiger partial charge in [-0.3, -0.25) is 4.99 Å². The molecule has 24 heavy (non-hydrogen) atoms. The molecular weight excluding hydrogens is 314 g/mol. The highest BCUT2D eigenvalue weighted by molar-refractivity contribution is 7.77. The Balaban J connectivity index is 1.82. The molecule has 3 rings (SSSR count). The summed E-state index contributed by atoms with van der Waals surface area (Å²) in [5.74, 6) is 0. The normalized spacial score (nSPS) is 11.3. The summed E-state index contributed by atoms with van der Waals surface area (Å²) in [4.78, 5) is 4.58. The van der Waals surface area contributed by atoms with Gasteiger partial charge in [-0.25, -0.2) is 4.57 Å². The van der Waals surface area contributed by atoms with Crippen LogP contribution in [0.3, 0.4) is 0 Å². The first-order chi connectivity index (χ1) is 11.7. The quantitative estimate of drug-likeness (QED) is 0.339. The molecular formula is C20H19N3S. The number of aromatic nitrogens is 1. The van der Waals surface area contributed by atoms with E-state index < -0.39 is 0 Å². The first-order valence-electron chi connectivity index (χ1n) is 7.82. The van der Waals surface area contributed by atoms with E-state index in [0.29, 0.717) is 5.17 Å². The molecule has 0 saturated heterocycles. The molecule has 2 aromatic carbocycles. The molecule has 3 aromatic rings. The van der Waals surface area contributed by atoms with Crippen LogP contribution in [0.4, 0.5) is 11.4 Å². The van der Waals surface area contributed by atoms with Crippen LogP contribution in [0.15, 0.2) is 84.1 Å². The number of hydrogen-bond donors (Lipinski definition) is 1. The van der Waals surface area contributed by atoms with E-state index in [2.05, 4.69) is 52.4 Å². The molecule has 0 aliphatic carbocycles. The summed E-state index contributed by atoms with van der Waals surface area (Å²) in [6.07, 6.45) is 4.18. The molecule has 4 heteroatoms. The lowest BCUT2D eigenvalue weighted by Crippen LogP contribution is -2.33.